The molecular weight excluding hydrogens is 418 g/mol. The van der Waals surface area contributed by atoms with E-state index in [0.717, 1.165) is 22.5 Å². The number of carbonyl (C=O) groups is 1. The normalized spacial score (nSPS) is 11.2. The quantitative estimate of drug-likeness (QED) is 0.600. The SMILES string of the molecule is Cc1ccc(S(=O)(=O)Nc2nc(CC(=O)Nc3cccc(Cl)c3C)cs2)cc1. The number of rotatable bonds is 6. The zero-order valence-electron chi connectivity index (χ0n) is 15.2. The number of anilines is 2. The van der Waals surface area contributed by atoms with Gasteiger partial charge in [0.2, 0.25) is 5.91 Å². The summed E-state index contributed by atoms with van der Waals surface area (Å²) in [5.74, 6) is -0.261. The van der Waals surface area contributed by atoms with Gasteiger partial charge in [-0.15, -0.1) is 11.3 Å². The molecule has 146 valence electrons. The van der Waals surface area contributed by atoms with Crippen LogP contribution >= 0.6 is 22.9 Å². The highest BCUT2D eigenvalue weighted by Crippen LogP contribution is 2.24. The van der Waals surface area contributed by atoms with Crippen LogP contribution in [0.15, 0.2) is 52.7 Å². The third kappa shape index (κ3) is 4.89. The molecule has 28 heavy (non-hydrogen) atoms. The Morgan fingerprint density at radius 1 is 1.14 bits per heavy atom. The van der Waals surface area contributed by atoms with E-state index in [2.05, 4.69) is 15.0 Å². The number of hydrogen-bond acceptors (Lipinski definition) is 5. The third-order valence-corrected chi connectivity index (χ3v) is 6.69. The van der Waals surface area contributed by atoms with Crippen LogP contribution in [0.1, 0.15) is 16.8 Å². The lowest BCUT2D eigenvalue weighted by Crippen LogP contribution is -2.16. The Labute approximate surface area is 172 Å². The van der Waals surface area contributed by atoms with Crippen LogP contribution < -0.4 is 10.0 Å². The Hall–Kier alpha value is -2.42. The molecule has 0 aliphatic carbocycles. The number of carbonyl (C=O) groups excluding carboxylic acids is 1. The lowest BCUT2D eigenvalue weighted by atomic mass is 10.2. The molecule has 0 saturated carbocycles. The van der Waals surface area contributed by atoms with Gasteiger partial charge in [-0.25, -0.2) is 13.4 Å². The van der Waals surface area contributed by atoms with Gasteiger partial charge in [-0.1, -0.05) is 35.4 Å². The Morgan fingerprint density at radius 3 is 2.57 bits per heavy atom. The topological polar surface area (TPSA) is 88.2 Å². The zero-order chi connectivity index (χ0) is 20.3. The van der Waals surface area contributed by atoms with Crippen molar-refractivity contribution in [2.75, 3.05) is 10.0 Å². The van der Waals surface area contributed by atoms with Gasteiger partial charge in [-0.3, -0.25) is 9.52 Å². The van der Waals surface area contributed by atoms with E-state index in [-0.39, 0.29) is 22.4 Å². The Morgan fingerprint density at radius 2 is 1.86 bits per heavy atom. The molecule has 0 fully saturated rings. The number of sulfonamides is 1. The van der Waals surface area contributed by atoms with E-state index in [9.17, 15) is 13.2 Å². The minimum atomic E-state index is -3.72. The number of aryl methyl sites for hydroxylation is 1. The first kappa shape index (κ1) is 20.3. The monoisotopic (exact) mass is 435 g/mol. The lowest BCUT2D eigenvalue weighted by Gasteiger charge is -2.08. The fourth-order valence-corrected chi connectivity index (χ4v) is 4.57. The van der Waals surface area contributed by atoms with Crippen molar-refractivity contribution in [1.29, 1.82) is 0 Å². The second-order valence-corrected chi connectivity index (χ2v) is 9.15. The van der Waals surface area contributed by atoms with Crippen LogP contribution in [-0.4, -0.2) is 19.3 Å². The first-order valence-electron chi connectivity index (χ1n) is 8.33. The van der Waals surface area contributed by atoms with Crippen LogP contribution in [0, 0.1) is 13.8 Å². The third-order valence-electron chi connectivity index (χ3n) is 3.99. The van der Waals surface area contributed by atoms with Crippen LogP contribution in [0.2, 0.25) is 5.02 Å². The Kier molecular flexibility index (Phi) is 6.02. The number of benzene rings is 2. The van der Waals surface area contributed by atoms with Crippen molar-refractivity contribution in [2.24, 2.45) is 0 Å². The molecular formula is C19H18ClN3O3S2. The summed E-state index contributed by atoms with van der Waals surface area (Å²) in [4.78, 5) is 16.6. The molecule has 0 unspecified atom stereocenters. The van der Waals surface area contributed by atoms with Crippen molar-refractivity contribution in [3.8, 4) is 0 Å². The average Bonchev–Trinajstić information content (AvgIpc) is 3.05. The number of halogens is 1. The highest BCUT2D eigenvalue weighted by atomic mass is 35.5. The van der Waals surface area contributed by atoms with Crippen LogP contribution in [-0.2, 0) is 21.2 Å². The second-order valence-electron chi connectivity index (χ2n) is 6.20. The number of thiazole rings is 1. The fraction of sp³-hybridized carbons (Fsp3) is 0.158. The van der Waals surface area contributed by atoms with Crippen LogP contribution in [0.4, 0.5) is 10.8 Å². The molecule has 2 aromatic carbocycles. The van der Waals surface area contributed by atoms with Gasteiger partial charge in [0.25, 0.3) is 10.0 Å². The molecule has 0 spiro atoms. The minimum absolute atomic E-state index is 0.0225. The van der Waals surface area contributed by atoms with Crippen molar-refractivity contribution in [3.05, 3.63) is 69.7 Å². The van der Waals surface area contributed by atoms with Crippen molar-refractivity contribution in [2.45, 2.75) is 25.2 Å². The number of amides is 1. The van der Waals surface area contributed by atoms with Gasteiger partial charge in [0.1, 0.15) is 0 Å². The molecule has 0 bridgehead atoms. The molecule has 1 aromatic heterocycles. The Balaban J connectivity index is 1.66. The highest BCUT2D eigenvalue weighted by Gasteiger charge is 2.17. The minimum Gasteiger partial charge on any atom is -0.325 e. The summed E-state index contributed by atoms with van der Waals surface area (Å²) in [6.07, 6.45) is 0.0225. The molecule has 1 heterocycles. The summed E-state index contributed by atoms with van der Waals surface area (Å²) in [6, 6.07) is 11.8. The van der Waals surface area contributed by atoms with E-state index in [4.69, 9.17) is 11.6 Å². The van der Waals surface area contributed by atoms with E-state index in [1.165, 1.54) is 12.1 Å². The maximum atomic E-state index is 12.4. The zero-order valence-corrected chi connectivity index (χ0v) is 17.6. The van der Waals surface area contributed by atoms with E-state index in [1.54, 1.807) is 35.7 Å². The molecule has 0 saturated heterocycles. The molecule has 0 radical (unpaired) electrons. The molecule has 1 amide bonds. The maximum Gasteiger partial charge on any atom is 0.263 e. The smallest absolute Gasteiger partial charge is 0.263 e. The van der Waals surface area contributed by atoms with Gasteiger partial charge in [0.05, 0.1) is 17.0 Å². The first-order valence-corrected chi connectivity index (χ1v) is 11.1. The van der Waals surface area contributed by atoms with Crippen molar-refractivity contribution in [3.63, 3.8) is 0 Å². The maximum absolute atomic E-state index is 12.4. The summed E-state index contributed by atoms with van der Waals surface area (Å²) >= 11 is 7.18. The van der Waals surface area contributed by atoms with Gasteiger partial charge < -0.3 is 5.32 Å². The van der Waals surface area contributed by atoms with Crippen LogP contribution in [0.3, 0.4) is 0 Å². The highest BCUT2D eigenvalue weighted by molar-refractivity contribution is 7.93. The van der Waals surface area contributed by atoms with Crippen molar-refractivity contribution in [1.82, 2.24) is 4.98 Å². The van der Waals surface area contributed by atoms with Gasteiger partial charge >= 0.3 is 0 Å². The average molecular weight is 436 g/mol. The van der Waals surface area contributed by atoms with E-state index < -0.39 is 10.0 Å². The van der Waals surface area contributed by atoms with Crippen molar-refractivity contribution < 1.29 is 13.2 Å². The Bertz CT molecular complexity index is 1110. The molecule has 3 rings (SSSR count). The number of nitrogens with zero attached hydrogens (tertiary/aromatic N) is 1. The number of nitrogens with one attached hydrogen (secondary N) is 2. The van der Waals surface area contributed by atoms with Crippen LogP contribution in [0.25, 0.3) is 0 Å². The molecule has 0 atom stereocenters. The predicted molar refractivity (Wildman–Crippen MR) is 113 cm³/mol. The summed E-state index contributed by atoms with van der Waals surface area (Å²) in [7, 11) is -3.72. The van der Waals surface area contributed by atoms with Gasteiger partial charge in [0, 0.05) is 16.1 Å². The summed E-state index contributed by atoms with van der Waals surface area (Å²) in [5.41, 5.74) is 2.86. The summed E-state index contributed by atoms with van der Waals surface area (Å²) in [6.45, 7) is 3.70. The van der Waals surface area contributed by atoms with Crippen molar-refractivity contribution >= 4 is 49.7 Å². The van der Waals surface area contributed by atoms with E-state index in [1.807, 2.05) is 13.8 Å². The predicted octanol–water partition coefficient (Wildman–Crippen LogP) is 4.40. The summed E-state index contributed by atoms with van der Waals surface area (Å²) in [5, 5.41) is 5.22. The van der Waals surface area contributed by atoms with Gasteiger partial charge in [-0.2, -0.15) is 0 Å². The van der Waals surface area contributed by atoms with Crippen LogP contribution in [0.5, 0.6) is 0 Å². The standard InChI is InChI=1S/C19H18ClN3O3S2/c1-12-6-8-15(9-7-12)28(25,26)23-19-21-14(11-27-19)10-18(24)22-17-5-3-4-16(20)13(17)2/h3-9,11H,10H2,1-2H3,(H,21,23)(H,22,24). The molecule has 9 heteroatoms. The first-order chi connectivity index (χ1) is 13.2. The van der Waals surface area contributed by atoms with E-state index in [0.29, 0.717) is 16.4 Å². The molecule has 3 aromatic rings. The van der Waals surface area contributed by atoms with Gasteiger partial charge in [0.15, 0.2) is 5.13 Å². The lowest BCUT2D eigenvalue weighted by molar-refractivity contribution is -0.115. The molecule has 2 N–H and O–H groups in total. The largest absolute Gasteiger partial charge is 0.325 e. The number of aromatic nitrogens is 1. The summed E-state index contributed by atoms with van der Waals surface area (Å²) < 4.78 is 27.3. The number of hydrogen-bond donors (Lipinski definition) is 2. The molecule has 0 aliphatic heterocycles. The van der Waals surface area contributed by atoms with Gasteiger partial charge in [-0.05, 0) is 43.7 Å². The second kappa shape index (κ2) is 8.30. The molecule has 0 aliphatic rings. The van der Waals surface area contributed by atoms with E-state index >= 15 is 0 Å². The molecule has 6 nitrogen and oxygen atoms in total. The fourth-order valence-electron chi connectivity index (χ4n) is 2.43.